The largest absolute Gasteiger partial charge is 0.469 e. The summed E-state index contributed by atoms with van der Waals surface area (Å²) in [5.41, 5.74) is 6.97. The summed E-state index contributed by atoms with van der Waals surface area (Å²) in [6.45, 7) is 7.41. The number of imidazole rings is 1. The summed E-state index contributed by atoms with van der Waals surface area (Å²) in [4.78, 5) is 45.1. The molecule has 2 unspecified atom stereocenters. The number of allylic oxidation sites excluding steroid dienone is 2. The molecule has 2 N–H and O–H groups in total. The van der Waals surface area contributed by atoms with Gasteiger partial charge >= 0.3 is 11.7 Å². The van der Waals surface area contributed by atoms with Gasteiger partial charge in [0.25, 0.3) is 5.56 Å². The number of hydrogen-bond acceptors (Lipinski definition) is 7. The van der Waals surface area contributed by atoms with Gasteiger partial charge in [0.1, 0.15) is 0 Å². The maximum atomic E-state index is 13.4. The van der Waals surface area contributed by atoms with Crippen LogP contribution in [-0.4, -0.2) is 50.9 Å². The summed E-state index contributed by atoms with van der Waals surface area (Å²) < 4.78 is 9.07. The zero-order valence-corrected chi connectivity index (χ0v) is 18.9. The number of aryl methyl sites for hydroxylation is 1. The van der Waals surface area contributed by atoms with Crippen molar-refractivity contribution in [2.75, 3.05) is 25.1 Å². The highest BCUT2D eigenvalue weighted by Crippen LogP contribution is 2.23. The van der Waals surface area contributed by atoms with Crippen LogP contribution in [0.3, 0.4) is 0 Å². The van der Waals surface area contributed by atoms with Gasteiger partial charge in [0.05, 0.1) is 13.0 Å². The van der Waals surface area contributed by atoms with E-state index in [1.807, 2.05) is 24.5 Å². The van der Waals surface area contributed by atoms with Crippen molar-refractivity contribution in [1.82, 2.24) is 18.7 Å². The Morgan fingerprint density at radius 1 is 1.32 bits per heavy atom. The first-order valence-electron chi connectivity index (χ1n) is 10.6. The van der Waals surface area contributed by atoms with Crippen molar-refractivity contribution in [3.05, 3.63) is 32.5 Å². The summed E-state index contributed by atoms with van der Waals surface area (Å²) in [5.74, 6) is -0.481. The minimum atomic E-state index is -0.637. The Morgan fingerprint density at radius 2 is 2.03 bits per heavy atom. The third-order valence-electron chi connectivity index (χ3n) is 5.70. The van der Waals surface area contributed by atoms with E-state index in [2.05, 4.69) is 4.90 Å². The van der Waals surface area contributed by atoms with Crippen LogP contribution in [0.25, 0.3) is 11.2 Å². The molecule has 1 aliphatic rings. The highest BCUT2D eigenvalue weighted by Gasteiger charge is 2.27. The molecular weight excluding hydrogens is 400 g/mol. The maximum Gasteiger partial charge on any atom is 0.332 e. The van der Waals surface area contributed by atoms with Crippen LogP contribution in [0.15, 0.2) is 21.2 Å². The van der Waals surface area contributed by atoms with Gasteiger partial charge in [0.2, 0.25) is 5.95 Å². The van der Waals surface area contributed by atoms with Gasteiger partial charge in [-0.25, -0.2) is 4.79 Å². The number of piperidine rings is 1. The molecule has 0 spiro atoms. The number of hydrogen-bond donors (Lipinski definition) is 1. The quantitative estimate of drug-likeness (QED) is 0.525. The van der Waals surface area contributed by atoms with Gasteiger partial charge in [-0.1, -0.05) is 18.6 Å². The second-order valence-corrected chi connectivity index (χ2v) is 8.51. The number of carbonyl (C=O) groups is 1. The monoisotopic (exact) mass is 432 g/mol. The number of nitrogens with two attached hydrogens (primary N) is 1. The lowest BCUT2D eigenvalue weighted by molar-refractivity contribution is -0.145. The van der Waals surface area contributed by atoms with Crippen molar-refractivity contribution in [2.45, 2.75) is 52.7 Å². The standard InChI is InChI=1S/C21H32N6O4/c1-13(2)8-10-26-16-17(23-20(26)25-9-6-7-15(22)12-25)24(4)21(30)27(18(16)28)11-14(3)19(29)31-5/h8,14-15H,6-7,9-12,22H2,1-5H3. The van der Waals surface area contributed by atoms with Crippen molar-refractivity contribution in [3.8, 4) is 0 Å². The normalized spacial score (nSPS) is 17.6. The molecule has 0 aromatic carbocycles. The SMILES string of the molecule is COC(=O)C(C)Cn1c(=O)c2c(nc(N3CCCC(N)C3)n2CC=C(C)C)n(C)c1=O. The first kappa shape index (κ1) is 22.8. The molecule has 3 rings (SSSR count). The summed E-state index contributed by atoms with van der Waals surface area (Å²) in [5, 5.41) is 0. The fraction of sp³-hybridized carbons (Fsp3) is 0.619. The third kappa shape index (κ3) is 4.43. The number of aromatic nitrogens is 4. The van der Waals surface area contributed by atoms with Crippen molar-refractivity contribution in [2.24, 2.45) is 18.7 Å². The van der Waals surface area contributed by atoms with Crippen molar-refractivity contribution < 1.29 is 9.53 Å². The van der Waals surface area contributed by atoms with E-state index in [1.54, 1.807) is 14.0 Å². The number of methoxy groups -OCH3 is 1. The number of nitrogens with zero attached hydrogens (tertiary/aromatic N) is 5. The molecule has 170 valence electrons. The minimum Gasteiger partial charge on any atom is -0.469 e. The van der Waals surface area contributed by atoms with Crippen molar-refractivity contribution >= 4 is 23.1 Å². The van der Waals surface area contributed by atoms with Crippen LogP contribution >= 0.6 is 0 Å². The number of fused-ring (bicyclic) bond motifs is 1. The molecule has 0 saturated carbocycles. The van der Waals surface area contributed by atoms with Crippen LogP contribution in [0.2, 0.25) is 0 Å². The highest BCUT2D eigenvalue weighted by molar-refractivity contribution is 5.75. The van der Waals surface area contributed by atoms with Crippen LogP contribution in [-0.2, 0) is 29.7 Å². The Balaban J connectivity index is 2.24. The van der Waals surface area contributed by atoms with E-state index in [1.165, 1.54) is 11.7 Å². The smallest absolute Gasteiger partial charge is 0.332 e. The third-order valence-corrected chi connectivity index (χ3v) is 5.70. The molecule has 2 aromatic rings. The molecule has 2 atom stereocenters. The fourth-order valence-electron chi connectivity index (χ4n) is 3.95. The summed E-state index contributed by atoms with van der Waals surface area (Å²) in [7, 11) is 2.88. The zero-order valence-electron chi connectivity index (χ0n) is 18.9. The van der Waals surface area contributed by atoms with Gasteiger partial charge in [-0.05, 0) is 26.7 Å². The molecule has 0 amide bonds. The van der Waals surface area contributed by atoms with E-state index in [4.69, 9.17) is 15.5 Å². The average Bonchev–Trinajstić information content (AvgIpc) is 3.12. The Morgan fingerprint density at radius 3 is 2.65 bits per heavy atom. The predicted molar refractivity (Wildman–Crippen MR) is 119 cm³/mol. The number of esters is 1. The van der Waals surface area contributed by atoms with Crippen LogP contribution in [0.4, 0.5) is 5.95 Å². The van der Waals surface area contributed by atoms with Gasteiger partial charge in [-0.2, -0.15) is 4.98 Å². The topological polar surface area (TPSA) is 117 Å². The molecular formula is C21H32N6O4. The zero-order chi connectivity index (χ0) is 22.9. The molecule has 0 bridgehead atoms. The number of anilines is 1. The van der Waals surface area contributed by atoms with Gasteiger partial charge in [-0.3, -0.25) is 18.7 Å². The van der Waals surface area contributed by atoms with Gasteiger partial charge in [0.15, 0.2) is 11.2 Å². The summed E-state index contributed by atoms with van der Waals surface area (Å²) in [6, 6.07) is 0.0341. The number of rotatable bonds is 6. The molecule has 0 radical (unpaired) electrons. The predicted octanol–water partition coefficient (Wildman–Crippen LogP) is 0.600. The van der Waals surface area contributed by atoms with Crippen LogP contribution < -0.4 is 21.9 Å². The Labute approximate surface area is 180 Å². The van der Waals surface area contributed by atoms with Crippen molar-refractivity contribution in [1.29, 1.82) is 0 Å². The highest BCUT2D eigenvalue weighted by atomic mass is 16.5. The first-order valence-corrected chi connectivity index (χ1v) is 10.6. The lowest BCUT2D eigenvalue weighted by Crippen LogP contribution is -2.44. The maximum absolute atomic E-state index is 13.4. The fourth-order valence-corrected chi connectivity index (χ4v) is 3.95. The average molecular weight is 433 g/mol. The minimum absolute atomic E-state index is 0.0341. The van der Waals surface area contributed by atoms with E-state index in [9.17, 15) is 14.4 Å². The van der Waals surface area contributed by atoms with Gasteiger partial charge < -0.3 is 19.9 Å². The van der Waals surface area contributed by atoms with E-state index in [0.717, 1.165) is 29.5 Å². The lowest BCUT2D eigenvalue weighted by Gasteiger charge is -2.31. The molecule has 31 heavy (non-hydrogen) atoms. The second-order valence-electron chi connectivity index (χ2n) is 8.51. The van der Waals surface area contributed by atoms with Gasteiger partial charge in [0, 0.05) is 39.3 Å². The Kier molecular flexibility index (Phi) is 6.68. The Bertz CT molecular complexity index is 1120. The summed E-state index contributed by atoms with van der Waals surface area (Å²) >= 11 is 0. The molecule has 0 aliphatic carbocycles. The lowest BCUT2D eigenvalue weighted by atomic mass is 10.1. The number of carbonyl (C=O) groups excluding carboxylic acids is 1. The van der Waals surface area contributed by atoms with E-state index in [0.29, 0.717) is 30.2 Å². The molecule has 1 saturated heterocycles. The molecule has 10 nitrogen and oxygen atoms in total. The molecule has 10 heteroatoms. The second kappa shape index (κ2) is 9.09. The van der Waals surface area contributed by atoms with Crippen LogP contribution in [0, 0.1) is 5.92 Å². The van der Waals surface area contributed by atoms with E-state index in [-0.39, 0.29) is 12.6 Å². The van der Waals surface area contributed by atoms with Gasteiger partial charge in [-0.15, -0.1) is 0 Å². The molecule has 3 heterocycles. The van der Waals surface area contributed by atoms with E-state index < -0.39 is 23.1 Å². The Hall–Kier alpha value is -2.88. The van der Waals surface area contributed by atoms with E-state index >= 15 is 0 Å². The van der Waals surface area contributed by atoms with Crippen LogP contribution in [0.1, 0.15) is 33.6 Å². The molecule has 1 fully saturated rings. The van der Waals surface area contributed by atoms with Crippen molar-refractivity contribution in [3.63, 3.8) is 0 Å². The summed E-state index contributed by atoms with van der Waals surface area (Å²) in [6.07, 6.45) is 3.90. The van der Waals surface area contributed by atoms with Crippen LogP contribution in [0.5, 0.6) is 0 Å². The number of ether oxygens (including phenoxy) is 1. The molecule has 1 aliphatic heterocycles. The first-order chi connectivity index (χ1) is 14.6. The molecule has 2 aromatic heterocycles.